The van der Waals surface area contributed by atoms with Crippen LogP contribution in [0.5, 0.6) is 0 Å². The van der Waals surface area contributed by atoms with Crippen molar-refractivity contribution >= 4 is 40.2 Å². The van der Waals surface area contributed by atoms with Crippen LogP contribution >= 0.6 is 11.8 Å². The molecule has 172 valence electrons. The van der Waals surface area contributed by atoms with Crippen molar-refractivity contribution in [3.05, 3.63) is 88.7 Å². The molecule has 0 spiro atoms. The van der Waals surface area contributed by atoms with E-state index >= 15 is 0 Å². The summed E-state index contributed by atoms with van der Waals surface area (Å²) in [7, 11) is 0. The van der Waals surface area contributed by atoms with Crippen molar-refractivity contribution in [2.75, 3.05) is 11.6 Å². The molecule has 8 nitrogen and oxygen atoms in total. The number of amides is 1. The number of esters is 1. The summed E-state index contributed by atoms with van der Waals surface area (Å²) in [5.41, 5.74) is 9.44. The number of fused-ring (bicyclic) bond motifs is 1. The molecule has 2 N–H and O–H groups in total. The van der Waals surface area contributed by atoms with Gasteiger partial charge in [0.2, 0.25) is 0 Å². The van der Waals surface area contributed by atoms with Gasteiger partial charge in [0.15, 0.2) is 5.17 Å². The Bertz CT molecular complexity index is 1270. The molecule has 0 fully saturated rings. The van der Waals surface area contributed by atoms with Gasteiger partial charge < -0.3 is 15.4 Å². The third-order valence-corrected chi connectivity index (χ3v) is 6.69. The SMILES string of the molecule is CCOC(=O)C1=C(N)N=C2SC=C(C3C(=O)N(c4ccccc4)N=C3C)N2C1c1ccccc1. The first-order chi connectivity index (χ1) is 16.5. The van der Waals surface area contributed by atoms with E-state index in [1.165, 1.54) is 16.8 Å². The van der Waals surface area contributed by atoms with Crippen LogP contribution in [-0.2, 0) is 14.3 Å². The molecule has 3 aliphatic rings. The van der Waals surface area contributed by atoms with E-state index in [9.17, 15) is 9.59 Å². The van der Waals surface area contributed by atoms with Gasteiger partial charge in [-0.1, -0.05) is 60.3 Å². The minimum absolute atomic E-state index is 0.120. The molecule has 2 aromatic carbocycles. The van der Waals surface area contributed by atoms with E-state index in [0.717, 1.165) is 5.56 Å². The van der Waals surface area contributed by atoms with Crippen LogP contribution in [0.3, 0.4) is 0 Å². The number of carbonyl (C=O) groups is 2. The van der Waals surface area contributed by atoms with Crippen LogP contribution in [-0.4, -0.2) is 34.3 Å². The molecule has 0 saturated heterocycles. The fraction of sp³-hybridized carbons (Fsp3) is 0.200. The number of ether oxygens (including phenoxy) is 1. The molecule has 2 aromatic rings. The smallest absolute Gasteiger partial charge is 0.340 e. The van der Waals surface area contributed by atoms with Crippen LogP contribution in [0.2, 0.25) is 0 Å². The molecule has 5 rings (SSSR count). The van der Waals surface area contributed by atoms with E-state index in [2.05, 4.69) is 10.1 Å². The van der Waals surface area contributed by atoms with Gasteiger partial charge in [0, 0.05) is 5.70 Å². The highest BCUT2D eigenvalue weighted by atomic mass is 32.2. The van der Waals surface area contributed by atoms with E-state index in [1.54, 1.807) is 6.92 Å². The number of nitrogens with zero attached hydrogens (tertiary/aromatic N) is 4. The lowest BCUT2D eigenvalue weighted by atomic mass is 9.92. The number of hydrogen-bond acceptors (Lipinski definition) is 8. The second-order valence-corrected chi connectivity index (χ2v) is 8.75. The van der Waals surface area contributed by atoms with Crippen LogP contribution in [0.15, 0.2) is 93.3 Å². The summed E-state index contributed by atoms with van der Waals surface area (Å²) in [6.07, 6.45) is 0. The Morgan fingerprint density at radius 2 is 1.79 bits per heavy atom. The Morgan fingerprint density at radius 3 is 2.47 bits per heavy atom. The van der Waals surface area contributed by atoms with Crippen molar-refractivity contribution in [2.24, 2.45) is 21.7 Å². The minimum Gasteiger partial charge on any atom is -0.462 e. The standard InChI is InChI=1S/C25H23N5O3S/c1-3-33-24(32)20-21(16-10-6-4-7-11-16)29-18(14-34-25(29)27-22(20)26)19-15(2)28-30(23(19)31)17-12-8-5-9-13-17/h4-14,19,21H,3,26H2,1-2H3. The molecule has 0 aliphatic carbocycles. The van der Waals surface area contributed by atoms with Crippen molar-refractivity contribution in [3.63, 3.8) is 0 Å². The molecule has 0 aromatic heterocycles. The Kier molecular flexibility index (Phi) is 5.70. The average molecular weight is 474 g/mol. The number of benzene rings is 2. The van der Waals surface area contributed by atoms with Gasteiger partial charge in [-0.3, -0.25) is 4.79 Å². The van der Waals surface area contributed by atoms with E-state index in [4.69, 9.17) is 10.5 Å². The minimum atomic E-state index is -0.616. The number of thioether (sulfide) groups is 1. The number of aliphatic imine (C=N–C) groups is 1. The lowest BCUT2D eigenvalue weighted by molar-refractivity contribution is -0.139. The predicted octanol–water partition coefficient (Wildman–Crippen LogP) is 3.76. The number of hydrazone groups is 1. The van der Waals surface area contributed by atoms with Crippen LogP contribution in [0.25, 0.3) is 0 Å². The first-order valence-corrected chi connectivity index (χ1v) is 11.8. The third kappa shape index (κ3) is 3.58. The summed E-state index contributed by atoms with van der Waals surface area (Å²) >= 11 is 1.37. The number of amidine groups is 1. The molecule has 0 saturated carbocycles. The van der Waals surface area contributed by atoms with Gasteiger partial charge in [0.1, 0.15) is 17.3 Å². The van der Waals surface area contributed by atoms with Gasteiger partial charge in [-0.05, 0) is 37.0 Å². The molecule has 2 atom stereocenters. The largest absolute Gasteiger partial charge is 0.462 e. The van der Waals surface area contributed by atoms with Crippen molar-refractivity contribution in [1.29, 1.82) is 0 Å². The van der Waals surface area contributed by atoms with Crippen LogP contribution in [0.1, 0.15) is 25.5 Å². The lowest BCUT2D eigenvalue weighted by Gasteiger charge is -2.37. The lowest BCUT2D eigenvalue weighted by Crippen LogP contribution is -2.42. The summed E-state index contributed by atoms with van der Waals surface area (Å²) in [6, 6.07) is 18.3. The van der Waals surface area contributed by atoms with Crippen molar-refractivity contribution in [3.8, 4) is 0 Å². The maximum Gasteiger partial charge on any atom is 0.340 e. The van der Waals surface area contributed by atoms with Gasteiger partial charge in [0.25, 0.3) is 5.91 Å². The van der Waals surface area contributed by atoms with Crippen molar-refractivity contribution < 1.29 is 14.3 Å². The third-order valence-electron chi connectivity index (χ3n) is 5.83. The highest BCUT2D eigenvalue weighted by molar-refractivity contribution is 8.16. The maximum absolute atomic E-state index is 13.6. The van der Waals surface area contributed by atoms with Crippen LogP contribution in [0, 0.1) is 5.92 Å². The van der Waals surface area contributed by atoms with Crippen LogP contribution in [0.4, 0.5) is 5.69 Å². The second-order valence-electron chi connectivity index (χ2n) is 7.92. The van der Waals surface area contributed by atoms with Gasteiger partial charge in [-0.25, -0.2) is 9.79 Å². The number of hydrogen-bond donors (Lipinski definition) is 1. The zero-order valence-electron chi connectivity index (χ0n) is 18.7. The first kappa shape index (κ1) is 22.0. The quantitative estimate of drug-likeness (QED) is 0.664. The number of anilines is 1. The van der Waals surface area contributed by atoms with E-state index in [1.807, 2.05) is 77.9 Å². The summed E-state index contributed by atoms with van der Waals surface area (Å²) in [4.78, 5) is 33.0. The van der Waals surface area contributed by atoms with Crippen LogP contribution < -0.4 is 10.7 Å². The summed E-state index contributed by atoms with van der Waals surface area (Å²) in [5, 5.41) is 8.48. The molecular formula is C25H23N5O3S. The summed E-state index contributed by atoms with van der Waals surface area (Å²) < 4.78 is 5.33. The molecule has 2 unspecified atom stereocenters. The number of para-hydroxylation sites is 1. The van der Waals surface area contributed by atoms with E-state index in [-0.39, 0.29) is 23.9 Å². The van der Waals surface area contributed by atoms with Crippen molar-refractivity contribution in [1.82, 2.24) is 4.90 Å². The van der Waals surface area contributed by atoms with Gasteiger partial charge in [0.05, 0.1) is 24.0 Å². The normalized spacial score (nSPS) is 21.8. The first-order valence-electron chi connectivity index (χ1n) is 10.9. The maximum atomic E-state index is 13.6. The fourth-order valence-electron chi connectivity index (χ4n) is 4.35. The van der Waals surface area contributed by atoms with E-state index < -0.39 is 17.9 Å². The highest BCUT2D eigenvalue weighted by Crippen LogP contribution is 2.46. The fourth-order valence-corrected chi connectivity index (χ4v) is 5.30. The monoisotopic (exact) mass is 473 g/mol. The number of rotatable bonds is 5. The predicted molar refractivity (Wildman–Crippen MR) is 133 cm³/mol. The highest BCUT2D eigenvalue weighted by Gasteiger charge is 2.47. The van der Waals surface area contributed by atoms with E-state index in [0.29, 0.717) is 22.3 Å². The second kappa shape index (κ2) is 8.83. The van der Waals surface area contributed by atoms with Gasteiger partial charge >= 0.3 is 5.97 Å². The van der Waals surface area contributed by atoms with Gasteiger partial charge in [-0.15, -0.1) is 0 Å². The average Bonchev–Trinajstić information content (AvgIpc) is 3.38. The zero-order chi connectivity index (χ0) is 23.8. The Balaban J connectivity index is 1.57. The molecule has 34 heavy (non-hydrogen) atoms. The molecule has 3 aliphatic heterocycles. The Labute approximate surface area is 201 Å². The zero-order valence-corrected chi connectivity index (χ0v) is 19.5. The van der Waals surface area contributed by atoms with Crippen molar-refractivity contribution in [2.45, 2.75) is 19.9 Å². The topological polar surface area (TPSA) is 101 Å². The molecule has 9 heteroatoms. The Hall–Kier alpha value is -3.85. The van der Waals surface area contributed by atoms with Gasteiger partial charge in [-0.2, -0.15) is 10.1 Å². The molecule has 0 radical (unpaired) electrons. The Morgan fingerprint density at radius 1 is 1.12 bits per heavy atom. The molecule has 0 bridgehead atoms. The molecule has 1 amide bonds. The number of carbonyl (C=O) groups excluding carboxylic acids is 2. The molecular weight excluding hydrogens is 450 g/mol. The summed E-state index contributed by atoms with van der Waals surface area (Å²) in [6.45, 7) is 3.80. The number of nitrogens with two attached hydrogens (primary N) is 1. The summed E-state index contributed by atoms with van der Waals surface area (Å²) in [5.74, 6) is -1.19. The molecule has 3 heterocycles.